The average molecular weight is 247 g/mol. The summed E-state index contributed by atoms with van der Waals surface area (Å²) in [6.45, 7) is 8.90. The predicted octanol–water partition coefficient (Wildman–Crippen LogP) is 3.84. The van der Waals surface area contributed by atoms with Crippen molar-refractivity contribution < 1.29 is 4.74 Å². The lowest BCUT2D eigenvalue weighted by Crippen LogP contribution is -2.14. The van der Waals surface area contributed by atoms with Gasteiger partial charge < -0.3 is 10.5 Å². The first-order valence-electron chi connectivity index (χ1n) is 6.90. The van der Waals surface area contributed by atoms with Crippen molar-refractivity contribution in [3.63, 3.8) is 0 Å². The maximum absolute atomic E-state index is 6.29. The molecule has 2 unspecified atom stereocenters. The van der Waals surface area contributed by atoms with Crippen LogP contribution in [-0.2, 0) is 6.42 Å². The third-order valence-electron chi connectivity index (χ3n) is 3.55. The smallest absolute Gasteiger partial charge is 0.123 e. The molecule has 0 fully saturated rings. The minimum Gasteiger partial charge on any atom is -0.490 e. The summed E-state index contributed by atoms with van der Waals surface area (Å²) in [5, 5.41) is 0. The molecule has 0 spiro atoms. The maximum Gasteiger partial charge on any atom is 0.123 e. The van der Waals surface area contributed by atoms with E-state index < -0.39 is 0 Å². The largest absolute Gasteiger partial charge is 0.490 e. The zero-order valence-corrected chi connectivity index (χ0v) is 12.0. The fourth-order valence-electron chi connectivity index (χ4n) is 2.43. The van der Waals surface area contributed by atoms with Crippen LogP contribution in [0, 0.1) is 5.41 Å². The number of hydrogen-bond donors (Lipinski definition) is 1. The molecule has 0 aliphatic carbocycles. The Kier molecular flexibility index (Phi) is 3.67. The van der Waals surface area contributed by atoms with Crippen molar-refractivity contribution in [1.82, 2.24) is 0 Å². The zero-order chi connectivity index (χ0) is 13.3. The first-order chi connectivity index (χ1) is 8.35. The number of benzene rings is 1. The monoisotopic (exact) mass is 247 g/mol. The first kappa shape index (κ1) is 13.4. The molecule has 2 nitrogen and oxygen atoms in total. The van der Waals surface area contributed by atoms with Crippen molar-refractivity contribution in [3.8, 4) is 5.75 Å². The molecule has 1 aromatic rings. The highest BCUT2D eigenvalue weighted by Crippen LogP contribution is 2.32. The van der Waals surface area contributed by atoms with E-state index in [0.717, 1.165) is 25.0 Å². The van der Waals surface area contributed by atoms with Crippen LogP contribution >= 0.6 is 0 Å². The van der Waals surface area contributed by atoms with E-state index in [1.165, 1.54) is 11.1 Å². The zero-order valence-electron chi connectivity index (χ0n) is 12.0. The predicted molar refractivity (Wildman–Crippen MR) is 75.9 cm³/mol. The average Bonchev–Trinajstić information content (AvgIpc) is 2.63. The minimum absolute atomic E-state index is 0.144. The van der Waals surface area contributed by atoms with Gasteiger partial charge in [0.15, 0.2) is 0 Å². The van der Waals surface area contributed by atoms with E-state index in [9.17, 15) is 0 Å². The molecule has 1 aliphatic heterocycles. The van der Waals surface area contributed by atoms with Crippen LogP contribution in [0.2, 0.25) is 0 Å². The van der Waals surface area contributed by atoms with Crippen LogP contribution in [0.5, 0.6) is 5.75 Å². The quantitative estimate of drug-likeness (QED) is 0.881. The summed E-state index contributed by atoms with van der Waals surface area (Å²) in [6, 6.07) is 6.56. The van der Waals surface area contributed by atoms with Crippen molar-refractivity contribution >= 4 is 0 Å². The Morgan fingerprint density at radius 1 is 1.39 bits per heavy atom. The SMILES string of the molecule is CC1Cc2cc(C(N)CCC(C)(C)C)ccc2O1. The van der Waals surface area contributed by atoms with Crippen LogP contribution < -0.4 is 10.5 Å². The van der Waals surface area contributed by atoms with Gasteiger partial charge in [0.05, 0.1) is 0 Å². The first-order valence-corrected chi connectivity index (χ1v) is 6.90. The fraction of sp³-hybridized carbons (Fsp3) is 0.625. The summed E-state index contributed by atoms with van der Waals surface area (Å²) in [5.41, 5.74) is 9.20. The lowest BCUT2D eigenvalue weighted by atomic mass is 9.87. The molecular weight excluding hydrogens is 222 g/mol. The van der Waals surface area contributed by atoms with E-state index in [2.05, 4.69) is 45.9 Å². The Labute approximate surface area is 111 Å². The van der Waals surface area contributed by atoms with Gasteiger partial charge in [0.2, 0.25) is 0 Å². The van der Waals surface area contributed by atoms with E-state index in [1.54, 1.807) is 0 Å². The molecule has 2 heteroatoms. The third kappa shape index (κ3) is 3.26. The van der Waals surface area contributed by atoms with Gasteiger partial charge in [-0.15, -0.1) is 0 Å². The molecule has 1 aliphatic rings. The van der Waals surface area contributed by atoms with Gasteiger partial charge in [-0.25, -0.2) is 0 Å². The number of rotatable bonds is 3. The highest BCUT2D eigenvalue weighted by atomic mass is 16.5. The van der Waals surface area contributed by atoms with Gasteiger partial charge in [0.1, 0.15) is 11.9 Å². The molecule has 100 valence electrons. The summed E-state index contributed by atoms with van der Waals surface area (Å²) >= 11 is 0. The van der Waals surface area contributed by atoms with Crippen molar-refractivity contribution in [1.29, 1.82) is 0 Å². The van der Waals surface area contributed by atoms with Crippen molar-refractivity contribution in [2.24, 2.45) is 11.1 Å². The fourth-order valence-corrected chi connectivity index (χ4v) is 2.43. The molecule has 0 saturated carbocycles. The van der Waals surface area contributed by atoms with Crippen LogP contribution in [0.4, 0.5) is 0 Å². The molecule has 0 bridgehead atoms. The van der Waals surface area contributed by atoms with Gasteiger partial charge in [-0.1, -0.05) is 32.9 Å². The second kappa shape index (κ2) is 4.93. The summed E-state index contributed by atoms with van der Waals surface area (Å²) in [5.74, 6) is 1.04. The lowest BCUT2D eigenvalue weighted by molar-refractivity contribution is 0.254. The van der Waals surface area contributed by atoms with Crippen LogP contribution in [0.1, 0.15) is 57.7 Å². The molecule has 1 aromatic carbocycles. The van der Waals surface area contributed by atoms with Gasteiger partial charge in [-0.05, 0) is 42.4 Å². The number of ether oxygens (including phenoxy) is 1. The Bertz CT molecular complexity index is 420. The Morgan fingerprint density at radius 3 is 2.78 bits per heavy atom. The molecule has 0 amide bonds. The highest BCUT2D eigenvalue weighted by molar-refractivity contribution is 5.41. The summed E-state index contributed by atoms with van der Waals surface area (Å²) in [4.78, 5) is 0. The highest BCUT2D eigenvalue weighted by Gasteiger charge is 2.20. The molecule has 2 N–H and O–H groups in total. The van der Waals surface area contributed by atoms with E-state index in [0.29, 0.717) is 11.5 Å². The Morgan fingerprint density at radius 2 is 2.11 bits per heavy atom. The molecular formula is C16H25NO. The van der Waals surface area contributed by atoms with Crippen LogP contribution in [0.3, 0.4) is 0 Å². The molecule has 0 radical (unpaired) electrons. The van der Waals surface area contributed by atoms with E-state index >= 15 is 0 Å². The summed E-state index contributed by atoms with van der Waals surface area (Å²) in [6.07, 6.45) is 3.51. The topological polar surface area (TPSA) is 35.2 Å². The second-order valence-electron chi connectivity index (χ2n) is 6.71. The van der Waals surface area contributed by atoms with E-state index in [4.69, 9.17) is 10.5 Å². The molecule has 0 saturated heterocycles. The van der Waals surface area contributed by atoms with Crippen LogP contribution in [0.15, 0.2) is 18.2 Å². The molecule has 18 heavy (non-hydrogen) atoms. The number of hydrogen-bond acceptors (Lipinski definition) is 2. The van der Waals surface area contributed by atoms with Crippen molar-refractivity contribution in [2.45, 2.75) is 59.1 Å². The van der Waals surface area contributed by atoms with Gasteiger partial charge in [-0.2, -0.15) is 0 Å². The van der Waals surface area contributed by atoms with Gasteiger partial charge >= 0.3 is 0 Å². The maximum atomic E-state index is 6.29. The number of nitrogens with two attached hydrogens (primary N) is 1. The van der Waals surface area contributed by atoms with Crippen LogP contribution in [-0.4, -0.2) is 6.10 Å². The van der Waals surface area contributed by atoms with Gasteiger partial charge in [0.25, 0.3) is 0 Å². The minimum atomic E-state index is 0.144. The molecule has 0 aromatic heterocycles. The molecule has 1 heterocycles. The Balaban J connectivity index is 2.04. The summed E-state index contributed by atoms with van der Waals surface area (Å²) < 4.78 is 5.71. The Hall–Kier alpha value is -1.02. The standard InChI is InChI=1S/C16H25NO/c1-11-9-13-10-12(5-6-15(13)18-11)14(17)7-8-16(2,3)4/h5-6,10-11,14H,7-9,17H2,1-4H3. The third-order valence-corrected chi connectivity index (χ3v) is 3.55. The second-order valence-corrected chi connectivity index (χ2v) is 6.71. The normalized spacial score (nSPS) is 20.4. The van der Waals surface area contributed by atoms with Crippen molar-refractivity contribution in [2.75, 3.05) is 0 Å². The van der Waals surface area contributed by atoms with E-state index in [1.807, 2.05) is 0 Å². The van der Waals surface area contributed by atoms with Gasteiger partial charge in [-0.3, -0.25) is 0 Å². The van der Waals surface area contributed by atoms with E-state index in [-0.39, 0.29) is 6.04 Å². The molecule has 2 rings (SSSR count). The van der Waals surface area contributed by atoms with Crippen LogP contribution in [0.25, 0.3) is 0 Å². The van der Waals surface area contributed by atoms with Gasteiger partial charge in [0, 0.05) is 12.5 Å². The lowest BCUT2D eigenvalue weighted by Gasteiger charge is -2.21. The van der Waals surface area contributed by atoms with Crippen molar-refractivity contribution in [3.05, 3.63) is 29.3 Å². The summed E-state index contributed by atoms with van der Waals surface area (Å²) in [7, 11) is 0. The number of fused-ring (bicyclic) bond motifs is 1. The molecule has 2 atom stereocenters.